The third kappa shape index (κ3) is 6.45. The number of carbonyl (C=O) groups excluding carboxylic acids is 3. The van der Waals surface area contributed by atoms with E-state index in [0.717, 1.165) is 10.6 Å². The van der Waals surface area contributed by atoms with E-state index < -0.39 is 24.3 Å². The van der Waals surface area contributed by atoms with Crippen LogP contribution in [0.2, 0.25) is 0 Å². The van der Waals surface area contributed by atoms with Crippen LogP contribution < -0.4 is 5.43 Å². The number of aryl methyl sites for hydroxylation is 1. The molecule has 1 aromatic carbocycles. The minimum absolute atomic E-state index is 0.328. The lowest BCUT2D eigenvalue weighted by atomic mass is 10.0. The van der Waals surface area contributed by atoms with Crippen LogP contribution in [0.4, 0.5) is 9.59 Å². The number of ketones is 1. The van der Waals surface area contributed by atoms with Gasteiger partial charge in [-0.05, 0) is 41.5 Å². The summed E-state index contributed by atoms with van der Waals surface area (Å²) in [5, 5.41) is 0.854. The first-order valence-electron chi connectivity index (χ1n) is 8.19. The van der Waals surface area contributed by atoms with E-state index in [2.05, 4.69) is 5.43 Å². The number of hydrazine groups is 1. The van der Waals surface area contributed by atoms with Crippen molar-refractivity contribution in [3.05, 3.63) is 35.4 Å². The van der Waals surface area contributed by atoms with E-state index in [-0.39, 0.29) is 11.9 Å². The summed E-state index contributed by atoms with van der Waals surface area (Å²) >= 11 is 0. The van der Waals surface area contributed by atoms with Gasteiger partial charge in [0.15, 0.2) is 5.78 Å². The van der Waals surface area contributed by atoms with Crippen LogP contribution in [-0.2, 0) is 9.47 Å². The van der Waals surface area contributed by atoms with Crippen LogP contribution in [0.3, 0.4) is 0 Å². The normalized spacial score (nSPS) is 11.8. The van der Waals surface area contributed by atoms with E-state index in [1.807, 2.05) is 6.92 Å². The maximum Gasteiger partial charge on any atom is 0.429 e. The highest BCUT2D eigenvalue weighted by Crippen LogP contribution is 2.11. The monoisotopic (exact) mass is 350 g/mol. The molecule has 0 unspecified atom stereocenters. The average molecular weight is 350 g/mol. The lowest BCUT2D eigenvalue weighted by molar-refractivity contribution is 0.0326. The van der Waals surface area contributed by atoms with E-state index in [4.69, 9.17) is 9.47 Å². The molecule has 0 saturated heterocycles. The Kier molecular flexibility index (Phi) is 7.42. The molecular weight excluding hydrogens is 324 g/mol. The molecule has 0 saturated carbocycles. The summed E-state index contributed by atoms with van der Waals surface area (Å²) < 4.78 is 10.1. The molecule has 2 amide bonds. The molecule has 25 heavy (non-hydrogen) atoms. The van der Waals surface area contributed by atoms with Crippen molar-refractivity contribution in [1.82, 2.24) is 10.4 Å². The molecule has 0 heterocycles. The molecule has 0 spiro atoms. The molecule has 0 aliphatic heterocycles. The average Bonchev–Trinajstić information content (AvgIpc) is 2.50. The first kappa shape index (κ1) is 20.5. The smallest absolute Gasteiger partial charge is 0.429 e. The van der Waals surface area contributed by atoms with E-state index in [1.165, 1.54) is 6.92 Å². The number of amides is 2. The molecule has 0 aliphatic carbocycles. The lowest BCUT2D eigenvalue weighted by Crippen LogP contribution is -2.54. The fourth-order valence-corrected chi connectivity index (χ4v) is 1.97. The molecule has 0 radical (unpaired) electrons. The van der Waals surface area contributed by atoms with Gasteiger partial charge in [0.25, 0.3) is 0 Å². The van der Waals surface area contributed by atoms with Crippen LogP contribution in [0.25, 0.3) is 0 Å². The van der Waals surface area contributed by atoms with E-state index in [9.17, 15) is 14.4 Å². The number of benzene rings is 1. The molecule has 0 aromatic heterocycles. The van der Waals surface area contributed by atoms with Gasteiger partial charge in [-0.25, -0.2) is 20.0 Å². The molecule has 7 nitrogen and oxygen atoms in total. The van der Waals surface area contributed by atoms with Crippen molar-refractivity contribution < 1.29 is 23.9 Å². The Morgan fingerprint density at radius 3 is 1.92 bits per heavy atom. The molecule has 0 bridgehead atoms. The third-order valence-corrected chi connectivity index (χ3v) is 3.19. The van der Waals surface area contributed by atoms with Crippen LogP contribution in [0, 0.1) is 6.92 Å². The number of hydrogen-bond acceptors (Lipinski definition) is 5. The van der Waals surface area contributed by atoms with E-state index >= 15 is 0 Å². The Hall–Kier alpha value is -2.57. The van der Waals surface area contributed by atoms with Crippen molar-refractivity contribution >= 4 is 18.0 Å². The van der Waals surface area contributed by atoms with Gasteiger partial charge in [-0.15, -0.1) is 0 Å². The highest BCUT2D eigenvalue weighted by molar-refractivity contribution is 6.01. The number of Topliss-reactive ketones (excluding diaryl/α,β-unsaturated/α-hetero) is 1. The van der Waals surface area contributed by atoms with Crippen LogP contribution in [-0.4, -0.2) is 41.2 Å². The van der Waals surface area contributed by atoms with Crippen LogP contribution >= 0.6 is 0 Å². The maximum absolute atomic E-state index is 12.6. The van der Waals surface area contributed by atoms with Crippen molar-refractivity contribution in [1.29, 1.82) is 0 Å². The predicted octanol–water partition coefficient (Wildman–Crippen LogP) is 3.46. The lowest BCUT2D eigenvalue weighted by Gasteiger charge is -2.28. The minimum Gasteiger partial charge on any atom is -0.446 e. The summed E-state index contributed by atoms with van der Waals surface area (Å²) in [5.41, 5.74) is 3.74. The predicted molar refractivity (Wildman–Crippen MR) is 93.2 cm³/mol. The zero-order valence-electron chi connectivity index (χ0n) is 15.5. The second kappa shape index (κ2) is 9.05. The molecule has 1 rings (SSSR count). The van der Waals surface area contributed by atoms with Gasteiger partial charge < -0.3 is 9.47 Å². The Morgan fingerprint density at radius 1 is 0.920 bits per heavy atom. The molecule has 138 valence electrons. The Labute approximate surface area is 148 Å². The molecule has 1 atom stereocenters. The van der Waals surface area contributed by atoms with Gasteiger partial charge in [-0.2, -0.15) is 0 Å². The number of rotatable bonds is 5. The number of nitrogens with one attached hydrogen (secondary N) is 1. The summed E-state index contributed by atoms with van der Waals surface area (Å²) in [4.78, 5) is 36.8. The van der Waals surface area contributed by atoms with Crippen LogP contribution in [0.15, 0.2) is 24.3 Å². The Balaban J connectivity index is 2.99. The van der Waals surface area contributed by atoms with Gasteiger partial charge in [-0.1, -0.05) is 29.8 Å². The van der Waals surface area contributed by atoms with Crippen LogP contribution in [0.1, 0.15) is 50.5 Å². The molecule has 1 aromatic rings. The van der Waals surface area contributed by atoms with E-state index in [1.54, 1.807) is 52.0 Å². The molecular formula is C18H26N2O5. The highest BCUT2D eigenvalue weighted by atomic mass is 16.6. The molecule has 7 heteroatoms. The number of carbonyl (C=O) groups is 3. The number of ether oxygens (including phenoxy) is 2. The third-order valence-electron chi connectivity index (χ3n) is 3.19. The van der Waals surface area contributed by atoms with Crippen LogP contribution in [0.5, 0.6) is 0 Å². The van der Waals surface area contributed by atoms with Gasteiger partial charge in [0.1, 0.15) is 6.04 Å². The largest absolute Gasteiger partial charge is 0.446 e. The van der Waals surface area contributed by atoms with E-state index in [0.29, 0.717) is 5.56 Å². The summed E-state index contributed by atoms with van der Waals surface area (Å²) in [6, 6.07) is 5.99. The highest BCUT2D eigenvalue weighted by Gasteiger charge is 2.30. The maximum atomic E-state index is 12.6. The van der Waals surface area contributed by atoms with Crippen molar-refractivity contribution in [2.45, 2.75) is 59.8 Å². The number of nitrogens with zero attached hydrogens (tertiary/aromatic N) is 1. The second-order valence-corrected chi connectivity index (χ2v) is 6.27. The zero-order valence-corrected chi connectivity index (χ0v) is 15.5. The Morgan fingerprint density at radius 2 is 1.44 bits per heavy atom. The van der Waals surface area contributed by atoms with Gasteiger partial charge in [0.05, 0.1) is 12.2 Å². The summed E-state index contributed by atoms with van der Waals surface area (Å²) in [6.07, 6.45) is -2.44. The van der Waals surface area contributed by atoms with Crippen molar-refractivity contribution in [3.8, 4) is 0 Å². The zero-order chi connectivity index (χ0) is 19.1. The van der Waals surface area contributed by atoms with Crippen molar-refractivity contribution in [2.75, 3.05) is 0 Å². The topological polar surface area (TPSA) is 84.9 Å². The SMILES string of the molecule is Cc1ccc(C(=O)[C@@H](C)N(NC(=O)OC(C)C)C(=O)OC(C)C)cc1. The standard InChI is InChI=1S/C18H26N2O5/c1-11(2)24-17(22)19-20(18(23)25-12(3)4)14(6)16(21)15-9-7-13(5)8-10-15/h7-12,14H,1-6H3,(H,19,22)/t14-/m1/s1. The first-order valence-corrected chi connectivity index (χ1v) is 8.19. The summed E-state index contributed by atoms with van der Waals surface area (Å²) in [7, 11) is 0. The molecule has 0 fully saturated rings. The fourth-order valence-electron chi connectivity index (χ4n) is 1.97. The quantitative estimate of drug-likeness (QED) is 0.649. The van der Waals surface area contributed by atoms with Gasteiger partial charge >= 0.3 is 12.2 Å². The summed E-state index contributed by atoms with van der Waals surface area (Å²) in [6.45, 7) is 10.1. The molecule has 0 aliphatic rings. The van der Waals surface area contributed by atoms with Crippen molar-refractivity contribution in [2.24, 2.45) is 0 Å². The van der Waals surface area contributed by atoms with Gasteiger partial charge in [0.2, 0.25) is 0 Å². The second-order valence-electron chi connectivity index (χ2n) is 6.27. The number of hydrogen-bond donors (Lipinski definition) is 1. The minimum atomic E-state index is -0.964. The van der Waals surface area contributed by atoms with Gasteiger partial charge in [0, 0.05) is 5.56 Å². The van der Waals surface area contributed by atoms with Crippen molar-refractivity contribution in [3.63, 3.8) is 0 Å². The first-order chi connectivity index (χ1) is 11.6. The summed E-state index contributed by atoms with van der Waals surface area (Å²) in [5.74, 6) is -0.328. The fraction of sp³-hybridized carbons (Fsp3) is 0.500. The molecule has 1 N–H and O–H groups in total. The Bertz CT molecular complexity index is 610. The van der Waals surface area contributed by atoms with Gasteiger partial charge in [-0.3, -0.25) is 4.79 Å².